The Labute approximate surface area is 234 Å². The topological polar surface area (TPSA) is 120 Å². The summed E-state index contributed by atoms with van der Waals surface area (Å²) in [5.41, 5.74) is 14.2. The van der Waals surface area contributed by atoms with Gasteiger partial charge in [0.05, 0.1) is 47.4 Å². The summed E-state index contributed by atoms with van der Waals surface area (Å²) in [5, 5.41) is 7.97. The molecule has 12 heteroatoms. The minimum absolute atomic E-state index is 0.188. The Bertz CT molecular complexity index is 1360. The molecule has 2 aliphatic heterocycles. The molecule has 200 valence electrons. The Morgan fingerprint density at radius 3 is 1.87 bits per heavy atom. The summed E-state index contributed by atoms with van der Waals surface area (Å²) >= 11 is 6.64. The molecule has 0 aliphatic carbocycles. The lowest BCUT2D eigenvalue weighted by Gasteiger charge is -2.16. The lowest BCUT2D eigenvalue weighted by molar-refractivity contribution is 0.195. The SMILES string of the molecule is Nc1cc(N[C@H]2CCOC2)c2c(Br)cc(F)cc2n1.Nc1cc(N[C@H]2CCOC2)c2c(F)cc(Br)cc2n1. The number of fused-ring (bicyclic) bond motifs is 2. The van der Waals surface area contributed by atoms with Gasteiger partial charge >= 0.3 is 0 Å². The summed E-state index contributed by atoms with van der Waals surface area (Å²) < 4.78 is 39.5. The zero-order valence-electron chi connectivity index (χ0n) is 20.2. The molecule has 2 atom stereocenters. The van der Waals surface area contributed by atoms with E-state index in [-0.39, 0.29) is 23.7 Å². The van der Waals surface area contributed by atoms with Gasteiger partial charge in [-0.3, -0.25) is 0 Å². The standard InChI is InChI=1S/2C13H13BrFN3O/c14-9-3-7(15)4-10-13(9)11(5-12(16)18-10)17-8-1-2-19-6-8;14-7-3-9(15)13-10(4-7)18-12(16)5-11(13)17-8-1-2-19-6-8/h2*3-5,8H,1-2,6H2,(H3,16,17,18)/t2*8-/m00/s1. The first-order valence-corrected chi connectivity index (χ1v) is 13.6. The van der Waals surface area contributed by atoms with Gasteiger partial charge in [-0.2, -0.15) is 0 Å². The third-order valence-corrected chi connectivity index (χ3v) is 7.35. The highest BCUT2D eigenvalue weighted by Gasteiger charge is 2.19. The third-order valence-electron chi connectivity index (χ3n) is 6.27. The summed E-state index contributed by atoms with van der Waals surface area (Å²) in [5.74, 6) is 0.0729. The van der Waals surface area contributed by atoms with Crippen LogP contribution in [0.3, 0.4) is 0 Å². The average Bonchev–Trinajstić information content (AvgIpc) is 3.52. The molecule has 2 aromatic heterocycles. The minimum atomic E-state index is -0.340. The van der Waals surface area contributed by atoms with Crippen LogP contribution in [0.2, 0.25) is 0 Å². The van der Waals surface area contributed by atoms with Gasteiger partial charge in [-0.05, 0) is 47.0 Å². The number of anilines is 4. The molecule has 6 rings (SSSR count). The Morgan fingerprint density at radius 2 is 1.32 bits per heavy atom. The number of nitrogen functional groups attached to an aromatic ring is 2. The molecule has 2 aromatic carbocycles. The number of ether oxygens (including phenoxy) is 2. The fourth-order valence-electron chi connectivity index (χ4n) is 4.58. The van der Waals surface area contributed by atoms with Crippen molar-refractivity contribution >= 4 is 76.7 Å². The molecule has 2 aliphatic rings. The first-order chi connectivity index (χ1) is 18.3. The fourth-order valence-corrected chi connectivity index (χ4v) is 5.63. The molecule has 0 saturated carbocycles. The van der Waals surface area contributed by atoms with Crippen LogP contribution >= 0.6 is 31.9 Å². The van der Waals surface area contributed by atoms with E-state index in [9.17, 15) is 8.78 Å². The maximum absolute atomic E-state index is 14.1. The molecule has 0 bridgehead atoms. The molecule has 0 spiro atoms. The number of nitrogens with one attached hydrogen (secondary N) is 2. The normalized spacial score (nSPS) is 18.9. The van der Waals surface area contributed by atoms with Crippen LogP contribution in [0.1, 0.15) is 12.8 Å². The van der Waals surface area contributed by atoms with Gasteiger partial charge in [-0.25, -0.2) is 18.7 Å². The van der Waals surface area contributed by atoms with Crippen molar-refractivity contribution < 1.29 is 18.3 Å². The number of aromatic nitrogens is 2. The lowest BCUT2D eigenvalue weighted by Crippen LogP contribution is -2.19. The van der Waals surface area contributed by atoms with E-state index in [1.807, 2.05) is 0 Å². The second-order valence-electron chi connectivity index (χ2n) is 9.16. The van der Waals surface area contributed by atoms with Crippen LogP contribution in [-0.4, -0.2) is 48.5 Å². The number of benzene rings is 2. The molecule has 6 N–H and O–H groups in total. The van der Waals surface area contributed by atoms with Crippen molar-refractivity contribution in [2.24, 2.45) is 0 Å². The van der Waals surface area contributed by atoms with Crippen LogP contribution in [0.15, 0.2) is 45.3 Å². The van der Waals surface area contributed by atoms with Crippen LogP contribution in [0.5, 0.6) is 0 Å². The number of nitrogens with two attached hydrogens (primary N) is 2. The number of hydrogen-bond donors (Lipinski definition) is 4. The van der Waals surface area contributed by atoms with Gasteiger partial charge in [0.2, 0.25) is 0 Å². The molecule has 0 amide bonds. The first-order valence-electron chi connectivity index (χ1n) is 12.1. The molecule has 4 aromatic rings. The van der Waals surface area contributed by atoms with E-state index in [4.69, 9.17) is 20.9 Å². The molecule has 2 saturated heterocycles. The predicted molar refractivity (Wildman–Crippen MR) is 153 cm³/mol. The summed E-state index contributed by atoms with van der Waals surface area (Å²) in [6.07, 6.45) is 1.85. The number of hydrogen-bond acceptors (Lipinski definition) is 8. The number of nitrogens with zero attached hydrogens (tertiary/aromatic N) is 2. The first kappa shape index (κ1) is 26.8. The second-order valence-corrected chi connectivity index (χ2v) is 10.9. The highest BCUT2D eigenvalue weighted by molar-refractivity contribution is 9.11. The van der Waals surface area contributed by atoms with Gasteiger partial charge in [-0.15, -0.1) is 0 Å². The molecule has 0 unspecified atom stereocenters. The van der Waals surface area contributed by atoms with E-state index in [2.05, 4.69) is 52.5 Å². The quantitative estimate of drug-likeness (QED) is 0.217. The van der Waals surface area contributed by atoms with Gasteiger partial charge in [0.1, 0.15) is 23.3 Å². The number of pyridine rings is 2. The monoisotopic (exact) mass is 650 g/mol. The smallest absolute Gasteiger partial charge is 0.135 e. The molecule has 8 nitrogen and oxygen atoms in total. The van der Waals surface area contributed by atoms with E-state index < -0.39 is 0 Å². The molecular weight excluding hydrogens is 626 g/mol. The van der Waals surface area contributed by atoms with Crippen molar-refractivity contribution in [3.8, 4) is 0 Å². The van der Waals surface area contributed by atoms with E-state index in [0.29, 0.717) is 55.9 Å². The summed E-state index contributed by atoms with van der Waals surface area (Å²) in [6, 6.07) is 9.86. The summed E-state index contributed by atoms with van der Waals surface area (Å²) in [4.78, 5) is 8.34. The van der Waals surface area contributed by atoms with Gasteiger partial charge < -0.3 is 31.6 Å². The van der Waals surface area contributed by atoms with Crippen LogP contribution in [0.25, 0.3) is 21.8 Å². The van der Waals surface area contributed by atoms with Gasteiger partial charge in [0.15, 0.2) is 0 Å². The maximum Gasteiger partial charge on any atom is 0.135 e. The van der Waals surface area contributed by atoms with E-state index in [1.165, 1.54) is 18.2 Å². The Balaban J connectivity index is 0.000000155. The summed E-state index contributed by atoms with van der Waals surface area (Å²) in [6.45, 7) is 2.78. The Hall–Kier alpha value is -2.80. The van der Waals surface area contributed by atoms with Gasteiger partial charge in [0, 0.05) is 51.4 Å². The molecule has 0 radical (unpaired) electrons. The van der Waals surface area contributed by atoms with Crippen LogP contribution in [0, 0.1) is 11.6 Å². The maximum atomic E-state index is 14.1. The largest absolute Gasteiger partial charge is 0.384 e. The van der Waals surface area contributed by atoms with Crippen molar-refractivity contribution in [1.82, 2.24) is 9.97 Å². The van der Waals surface area contributed by atoms with Crippen LogP contribution in [0.4, 0.5) is 31.8 Å². The molecule has 4 heterocycles. The Kier molecular flexibility index (Phi) is 8.12. The lowest BCUT2D eigenvalue weighted by atomic mass is 10.1. The number of rotatable bonds is 4. The van der Waals surface area contributed by atoms with Gasteiger partial charge in [-0.1, -0.05) is 15.9 Å². The molecule has 38 heavy (non-hydrogen) atoms. The van der Waals surface area contributed by atoms with Crippen molar-refractivity contribution in [1.29, 1.82) is 0 Å². The van der Waals surface area contributed by atoms with Crippen molar-refractivity contribution in [3.05, 3.63) is 57.0 Å². The Morgan fingerprint density at radius 1 is 0.763 bits per heavy atom. The van der Waals surface area contributed by atoms with E-state index in [1.54, 1.807) is 18.2 Å². The summed E-state index contributed by atoms with van der Waals surface area (Å²) in [7, 11) is 0. The van der Waals surface area contributed by atoms with Gasteiger partial charge in [0.25, 0.3) is 0 Å². The van der Waals surface area contributed by atoms with E-state index >= 15 is 0 Å². The second kappa shape index (κ2) is 11.5. The zero-order chi connectivity index (χ0) is 26.8. The minimum Gasteiger partial charge on any atom is -0.384 e. The number of halogens is 4. The third kappa shape index (κ3) is 6.09. The van der Waals surface area contributed by atoms with Crippen LogP contribution in [-0.2, 0) is 9.47 Å². The van der Waals surface area contributed by atoms with E-state index in [0.717, 1.165) is 37.1 Å². The fraction of sp³-hybridized carbons (Fsp3) is 0.308. The zero-order valence-corrected chi connectivity index (χ0v) is 23.4. The average molecular weight is 652 g/mol. The van der Waals surface area contributed by atoms with Crippen molar-refractivity contribution in [2.75, 3.05) is 48.5 Å². The highest BCUT2D eigenvalue weighted by atomic mass is 79.9. The van der Waals surface area contributed by atoms with Crippen molar-refractivity contribution in [3.63, 3.8) is 0 Å². The van der Waals surface area contributed by atoms with Crippen molar-refractivity contribution in [2.45, 2.75) is 24.9 Å². The molecular formula is C26H26Br2F2N6O2. The molecule has 2 fully saturated rings. The highest BCUT2D eigenvalue weighted by Crippen LogP contribution is 2.33. The van der Waals surface area contributed by atoms with Crippen LogP contribution < -0.4 is 22.1 Å². The predicted octanol–water partition coefficient (Wildman–Crippen LogP) is 5.84.